The van der Waals surface area contributed by atoms with Gasteiger partial charge in [-0.2, -0.15) is 4.98 Å². The molecule has 0 N–H and O–H groups in total. The molecular weight excluding hydrogens is 256 g/mol. The fraction of sp³-hybridized carbons (Fsp3) is 0.357. The van der Waals surface area contributed by atoms with Crippen molar-refractivity contribution in [3.05, 3.63) is 46.5 Å². The molecule has 102 valence electrons. The van der Waals surface area contributed by atoms with Gasteiger partial charge in [0.05, 0.1) is 17.6 Å². The highest BCUT2D eigenvalue weighted by Crippen LogP contribution is 2.38. The van der Waals surface area contributed by atoms with E-state index in [4.69, 9.17) is 4.52 Å². The van der Waals surface area contributed by atoms with Crippen LogP contribution in [0.2, 0.25) is 0 Å². The minimum atomic E-state index is -0.0658. The lowest BCUT2D eigenvalue weighted by molar-refractivity contribution is 0.373. The number of rotatable bonds is 3. The Kier molecular flexibility index (Phi) is 2.33. The van der Waals surface area contributed by atoms with Gasteiger partial charge in [-0.3, -0.25) is 9.13 Å². The minimum absolute atomic E-state index is 0.0658. The van der Waals surface area contributed by atoms with Crippen molar-refractivity contribution in [3.8, 4) is 0 Å². The third-order valence-corrected chi connectivity index (χ3v) is 3.76. The highest BCUT2D eigenvalue weighted by atomic mass is 16.5. The van der Waals surface area contributed by atoms with E-state index in [-0.39, 0.29) is 5.69 Å². The maximum atomic E-state index is 12.3. The van der Waals surface area contributed by atoms with E-state index in [1.807, 2.05) is 24.3 Å². The van der Waals surface area contributed by atoms with Gasteiger partial charge in [0, 0.05) is 13.0 Å². The molecule has 0 bridgehead atoms. The first kappa shape index (κ1) is 11.5. The average Bonchev–Trinajstić information content (AvgIpc) is 3.18. The van der Waals surface area contributed by atoms with Crippen LogP contribution in [0.15, 0.2) is 33.6 Å². The van der Waals surface area contributed by atoms with Gasteiger partial charge in [0.25, 0.3) is 0 Å². The van der Waals surface area contributed by atoms with Gasteiger partial charge >= 0.3 is 5.69 Å². The van der Waals surface area contributed by atoms with Gasteiger partial charge in [-0.15, -0.1) is 0 Å². The van der Waals surface area contributed by atoms with Crippen LogP contribution in [-0.2, 0) is 13.6 Å². The molecule has 1 saturated carbocycles. The standard InChI is InChI=1S/C14H14N4O2/c1-17-10-4-2-3-5-11(10)18(14(17)19)8-12-15-13(20-16-12)9-6-7-9/h2-5,9H,6-8H2,1H3. The molecule has 4 rings (SSSR count). The lowest BCUT2D eigenvalue weighted by atomic mass is 10.3. The van der Waals surface area contributed by atoms with Crippen LogP contribution < -0.4 is 5.69 Å². The van der Waals surface area contributed by atoms with E-state index in [9.17, 15) is 4.79 Å². The van der Waals surface area contributed by atoms with Crippen LogP contribution in [0.1, 0.15) is 30.5 Å². The van der Waals surface area contributed by atoms with Crippen LogP contribution in [0.3, 0.4) is 0 Å². The summed E-state index contributed by atoms with van der Waals surface area (Å²) in [7, 11) is 1.77. The first-order valence-corrected chi connectivity index (χ1v) is 6.71. The number of imidazole rings is 1. The van der Waals surface area contributed by atoms with Crippen molar-refractivity contribution < 1.29 is 4.52 Å². The normalized spacial score (nSPS) is 15.1. The number of para-hydroxylation sites is 2. The summed E-state index contributed by atoms with van der Waals surface area (Å²) in [5, 5.41) is 3.97. The lowest BCUT2D eigenvalue weighted by Crippen LogP contribution is -2.23. The number of hydrogen-bond donors (Lipinski definition) is 0. The second-order valence-corrected chi connectivity index (χ2v) is 5.24. The predicted molar refractivity (Wildman–Crippen MR) is 72.6 cm³/mol. The van der Waals surface area contributed by atoms with Gasteiger partial charge in [0.2, 0.25) is 5.89 Å². The molecule has 0 atom stereocenters. The summed E-state index contributed by atoms with van der Waals surface area (Å²) in [6.07, 6.45) is 2.24. The topological polar surface area (TPSA) is 65.8 Å². The van der Waals surface area contributed by atoms with Gasteiger partial charge in [0.1, 0.15) is 0 Å². The van der Waals surface area contributed by atoms with E-state index in [0.29, 0.717) is 24.2 Å². The molecule has 6 nitrogen and oxygen atoms in total. The molecule has 2 heterocycles. The molecule has 2 aromatic heterocycles. The molecule has 0 spiro atoms. The van der Waals surface area contributed by atoms with E-state index in [1.165, 1.54) is 0 Å². The molecule has 3 aromatic rings. The van der Waals surface area contributed by atoms with Crippen molar-refractivity contribution in [3.63, 3.8) is 0 Å². The molecule has 20 heavy (non-hydrogen) atoms. The zero-order chi connectivity index (χ0) is 13.7. The number of fused-ring (bicyclic) bond motifs is 1. The van der Waals surface area contributed by atoms with Crippen molar-refractivity contribution in [1.29, 1.82) is 0 Å². The SMILES string of the molecule is Cn1c(=O)n(Cc2noc(C3CC3)n2)c2ccccc21. The fourth-order valence-electron chi connectivity index (χ4n) is 2.49. The molecular formula is C14H14N4O2. The van der Waals surface area contributed by atoms with Crippen LogP contribution >= 0.6 is 0 Å². The minimum Gasteiger partial charge on any atom is -0.339 e. The molecule has 0 unspecified atom stereocenters. The summed E-state index contributed by atoms with van der Waals surface area (Å²) in [5.41, 5.74) is 1.73. The van der Waals surface area contributed by atoms with Crippen molar-refractivity contribution in [1.82, 2.24) is 19.3 Å². The van der Waals surface area contributed by atoms with Crippen LogP contribution in [0.25, 0.3) is 11.0 Å². The van der Waals surface area contributed by atoms with Crippen molar-refractivity contribution in [2.75, 3.05) is 0 Å². The van der Waals surface area contributed by atoms with Crippen molar-refractivity contribution >= 4 is 11.0 Å². The van der Waals surface area contributed by atoms with Crippen LogP contribution in [-0.4, -0.2) is 19.3 Å². The summed E-state index contributed by atoms with van der Waals surface area (Å²) in [6.45, 7) is 0.344. The fourth-order valence-corrected chi connectivity index (χ4v) is 2.49. The van der Waals surface area contributed by atoms with Gasteiger partial charge in [-0.25, -0.2) is 4.79 Å². The Balaban J connectivity index is 1.77. The van der Waals surface area contributed by atoms with Gasteiger partial charge in [-0.05, 0) is 25.0 Å². The number of aryl methyl sites for hydroxylation is 1. The summed E-state index contributed by atoms with van der Waals surface area (Å²) in [5.74, 6) is 1.69. The Morgan fingerprint density at radius 1 is 1.30 bits per heavy atom. The quantitative estimate of drug-likeness (QED) is 0.725. The summed E-state index contributed by atoms with van der Waals surface area (Å²) in [6, 6.07) is 7.70. The van der Waals surface area contributed by atoms with E-state index in [1.54, 1.807) is 16.2 Å². The Bertz CT molecular complexity index is 838. The molecule has 1 aliphatic carbocycles. The lowest BCUT2D eigenvalue weighted by Gasteiger charge is -1.97. The van der Waals surface area contributed by atoms with Gasteiger partial charge in [-0.1, -0.05) is 17.3 Å². The average molecular weight is 270 g/mol. The highest BCUT2D eigenvalue weighted by molar-refractivity contribution is 5.75. The van der Waals surface area contributed by atoms with Gasteiger partial charge < -0.3 is 4.52 Å². The zero-order valence-corrected chi connectivity index (χ0v) is 11.1. The Morgan fingerprint density at radius 3 is 2.80 bits per heavy atom. The third-order valence-electron chi connectivity index (χ3n) is 3.76. The first-order valence-electron chi connectivity index (χ1n) is 6.71. The van der Waals surface area contributed by atoms with Crippen molar-refractivity contribution in [2.45, 2.75) is 25.3 Å². The van der Waals surface area contributed by atoms with E-state index in [0.717, 1.165) is 23.9 Å². The maximum absolute atomic E-state index is 12.3. The molecule has 0 aliphatic heterocycles. The molecule has 1 fully saturated rings. The summed E-state index contributed by atoms with van der Waals surface area (Å²) >= 11 is 0. The monoisotopic (exact) mass is 270 g/mol. The Labute approximate surface area is 114 Å². The smallest absolute Gasteiger partial charge is 0.329 e. The van der Waals surface area contributed by atoms with Gasteiger partial charge in [0.15, 0.2) is 5.82 Å². The second kappa shape index (κ2) is 4.06. The maximum Gasteiger partial charge on any atom is 0.329 e. The Hall–Kier alpha value is -2.37. The predicted octanol–water partition coefficient (Wildman–Crippen LogP) is 1.65. The van der Waals surface area contributed by atoms with Crippen LogP contribution in [0.4, 0.5) is 0 Å². The Morgan fingerprint density at radius 2 is 2.05 bits per heavy atom. The zero-order valence-electron chi connectivity index (χ0n) is 11.1. The molecule has 0 radical (unpaired) electrons. The van der Waals surface area contributed by atoms with Crippen LogP contribution in [0.5, 0.6) is 0 Å². The number of benzene rings is 1. The molecule has 1 aromatic carbocycles. The van der Waals surface area contributed by atoms with E-state index < -0.39 is 0 Å². The molecule has 1 aliphatic rings. The number of hydrogen-bond acceptors (Lipinski definition) is 4. The van der Waals surface area contributed by atoms with E-state index >= 15 is 0 Å². The van der Waals surface area contributed by atoms with E-state index in [2.05, 4.69) is 10.1 Å². The van der Waals surface area contributed by atoms with Crippen LogP contribution in [0, 0.1) is 0 Å². The largest absolute Gasteiger partial charge is 0.339 e. The molecule has 0 amide bonds. The van der Waals surface area contributed by atoms with Crippen molar-refractivity contribution in [2.24, 2.45) is 7.05 Å². The first-order chi connectivity index (χ1) is 9.74. The summed E-state index contributed by atoms with van der Waals surface area (Å²) in [4.78, 5) is 16.7. The number of aromatic nitrogens is 4. The molecule has 0 saturated heterocycles. The summed E-state index contributed by atoms with van der Waals surface area (Å²) < 4.78 is 8.55. The molecule has 6 heteroatoms. The third kappa shape index (κ3) is 1.68. The highest BCUT2D eigenvalue weighted by Gasteiger charge is 2.29. The number of nitrogens with zero attached hydrogens (tertiary/aromatic N) is 4. The second-order valence-electron chi connectivity index (χ2n) is 5.24.